The monoisotopic (exact) mass is 328 g/mol. The summed E-state index contributed by atoms with van der Waals surface area (Å²) in [5.74, 6) is 0. The van der Waals surface area contributed by atoms with E-state index in [4.69, 9.17) is 9.72 Å². The smallest absolute Gasteiger partial charge is 0.107 e. The lowest BCUT2D eigenvalue weighted by molar-refractivity contribution is -0.0305. The molecule has 0 radical (unpaired) electrons. The van der Waals surface area contributed by atoms with Crippen molar-refractivity contribution < 1.29 is 4.74 Å². The van der Waals surface area contributed by atoms with Crippen LogP contribution in [0, 0.1) is 0 Å². The first-order chi connectivity index (χ1) is 11.4. The number of morpholine rings is 1. The summed E-state index contributed by atoms with van der Waals surface area (Å²) in [6.45, 7) is 3.86. The summed E-state index contributed by atoms with van der Waals surface area (Å²) in [4.78, 5) is 8.95. The van der Waals surface area contributed by atoms with Crippen LogP contribution in [0.2, 0.25) is 0 Å². The Morgan fingerprint density at radius 1 is 1.17 bits per heavy atom. The van der Waals surface area contributed by atoms with E-state index in [0.717, 1.165) is 32.7 Å². The van der Waals surface area contributed by atoms with Gasteiger partial charge < -0.3 is 4.74 Å². The van der Waals surface area contributed by atoms with E-state index in [1.165, 1.54) is 41.9 Å². The molecule has 0 amide bonds. The summed E-state index contributed by atoms with van der Waals surface area (Å²) >= 11 is 1.94. The van der Waals surface area contributed by atoms with Gasteiger partial charge >= 0.3 is 0 Å². The van der Waals surface area contributed by atoms with Gasteiger partial charge in [-0.15, -0.1) is 11.3 Å². The third-order valence-electron chi connectivity index (χ3n) is 4.78. The Morgan fingerprint density at radius 3 is 2.91 bits per heavy atom. The molecule has 1 aliphatic heterocycles. The molecule has 0 spiro atoms. The number of aryl methyl sites for hydroxylation is 2. The van der Waals surface area contributed by atoms with Crippen molar-refractivity contribution >= 4 is 11.3 Å². The van der Waals surface area contributed by atoms with Crippen LogP contribution in [0.3, 0.4) is 0 Å². The fraction of sp³-hybridized carbons (Fsp3) is 0.526. The van der Waals surface area contributed by atoms with Crippen molar-refractivity contribution in [1.82, 2.24) is 9.88 Å². The highest BCUT2D eigenvalue weighted by Crippen LogP contribution is 2.27. The standard InChI is InChI=1S/C19H24N2OS/c1-2-6-15(7-3-1)12-16-13-21(10-11-22-16)14-19-20-17-8-4-5-9-18(17)23-19/h1-3,6-7,16H,4-5,8-14H2/t16-/m1/s1. The number of ether oxygens (including phenoxy) is 1. The maximum Gasteiger partial charge on any atom is 0.107 e. The molecule has 1 aromatic carbocycles. The van der Waals surface area contributed by atoms with E-state index in [1.54, 1.807) is 4.88 Å². The first-order valence-electron chi connectivity index (χ1n) is 8.72. The van der Waals surface area contributed by atoms with E-state index >= 15 is 0 Å². The molecule has 4 heteroatoms. The number of thiazole rings is 1. The molecule has 2 aromatic rings. The molecule has 0 unspecified atom stereocenters. The van der Waals surface area contributed by atoms with Gasteiger partial charge in [-0.05, 0) is 37.7 Å². The van der Waals surface area contributed by atoms with Gasteiger partial charge in [0.15, 0.2) is 0 Å². The van der Waals surface area contributed by atoms with Gasteiger partial charge in [0, 0.05) is 18.0 Å². The summed E-state index contributed by atoms with van der Waals surface area (Å²) in [5.41, 5.74) is 2.74. The minimum Gasteiger partial charge on any atom is -0.375 e. The third kappa shape index (κ3) is 3.82. The zero-order valence-corrected chi connectivity index (χ0v) is 14.4. The van der Waals surface area contributed by atoms with Crippen LogP contribution in [0.25, 0.3) is 0 Å². The summed E-state index contributed by atoms with van der Waals surface area (Å²) < 4.78 is 5.97. The number of hydrogen-bond acceptors (Lipinski definition) is 4. The highest BCUT2D eigenvalue weighted by atomic mass is 32.1. The average molecular weight is 328 g/mol. The fourth-order valence-corrected chi connectivity index (χ4v) is 4.79. The van der Waals surface area contributed by atoms with Crippen LogP contribution in [-0.2, 0) is 30.5 Å². The fourth-order valence-electron chi connectivity index (χ4n) is 3.59. The van der Waals surface area contributed by atoms with Gasteiger partial charge in [-0.25, -0.2) is 4.98 Å². The van der Waals surface area contributed by atoms with Crippen molar-refractivity contribution in [3.8, 4) is 0 Å². The van der Waals surface area contributed by atoms with Crippen LogP contribution in [0.5, 0.6) is 0 Å². The maximum atomic E-state index is 5.97. The van der Waals surface area contributed by atoms with E-state index in [-0.39, 0.29) is 0 Å². The predicted molar refractivity (Wildman–Crippen MR) is 93.9 cm³/mol. The van der Waals surface area contributed by atoms with Gasteiger partial charge in [0.25, 0.3) is 0 Å². The molecule has 0 N–H and O–H groups in total. The molecular weight excluding hydrogens is 304 g/mol. The number of rotatable bonds is 4. The Balaban J connectivity index is 1.36. The zero-order chi connectivity index (χ0) is 15.5. The largest absolute Gasteiger partial charge is 0.375 e. The van der Waals surface area contributed by atoms with E-state index in [1.807, 2.05) is 11.3 Å². The number of nitrogens with zero attached hydrogens (tertiary/aromatic N) is 2. The molecule has 1 fully saturated rings. The average Bonchev–Trinajstić information content (AvgIpc) is 2.98. The normalized spacial score (nSPS) is 22.0. The summed E-state index contributed by atoms with van der Waals surface area (Å²) in [6, 6.07) is 10.7. The highest BCUT2D eigenvalue weighted by Gasteiger charge is 2.23. The van der Waals surface area contributed by atoms with Crippen LogP contribution in [0.15, 0.2) is 30.3 Å². The molecule has 1 saturated heterocycles. The Bertz CT molecular complexity index is 617. The van der Waals surface area contributed by atoms with Crippen LogP contribution < -0.4 is 0 Å². The Kier molecular flexibility index (Phi) is 4.74. The third-order valence-corrected chi connectivity index (χ3v) is 5.92. The van der Waals surface area contributed by atoms with E-state index in [2.05, 4.69) is 35.2 Å². The maximum absolute atomic E-state index is 5.97. The lowest BCUT2D eigenvalue weighted by atomic mass is 10.0. The minimum absolute atomic E-state index is 0.306. The molecule has 0 saturated carbocycles. The van der Waals surface area contributed by atoms with Crippen LogP contribution in [0.1, 0.15) is 34.0 Å². The second kappa shape index (κ2) is 7.12. The summed E-state index contributed by atoms with van der Waals surface area (Å²) in [6.07, 6.45) is 6.39. The van der Waals surface area contributed by atoms with Crippen molar-refractivity contribution in [1.29, 1.82) is 0 Å². The van der Waals surface area contributed by atoms with E-state index in [9.17, 15) is 0 Å². The van der Waals surface area contributed by atoms with Crippen LogP contribution >= 0.6 is 11.3 Å². The quantitative estimate of drug-likeness (QED) is 0.859. The summed E-state index contributed by atoms with van der Waals surface area (Å²) in [7, 11) is 0. The molecule has 3 nitrogen and oxygen atoms in total. The molecule has 1 aliphatic carbocycles. The molecule has 2 heterocycles. The Hall–Kier alpha value is -1.23. The number of aromatic nitrogens is 1. The van der Waals surface area contributed by atoms with E-state index in [0.29, 0.717) is 6.10 Å². The molecule has 2 aliphatic rings. The second-order valence-corrected chi connectivity index (χ2v) is 7.77. The van der Waals surface area contributed by atoms with Crippen molar-refractivity contribution in [2.24, 2.45) is 0 Å². The van der Waals surface area contributed by atoms with Gasteiger partial charge in [0.2, 0.25) is 0 Å². The van der Waals surface area contributed by atoms with Gasteiger partial charge in [-0.3, -0.25) is 4.90 Å². The molecule has 122 valence electrons. The van der Waals surface area contributed by atoms with Gasteiger partial charge in [-0.2, -0.15) is 0 Å². The van der Waals surface area contributed by atoms with E-state index < -0.39 is 0 Å². The lowest BCUT2D eigenvalue weighted by Crippen LogP contribution is -2.42. The zero-order valence-electron chi connectivity index (χ0n) is 13.5. The van der Waals surface area contributed by atoms with Gasteiger partial charge in [0.05, 0.1) is 24.9 Å². The summed E-state index contributed by atoms with van der Waals surface area (Å²) in [5, 5.41) is 1.30. The number of fused-ring (bicyclic) bond motifs is 1. The first kappa shape index (κ1) is 15.3. The molecule has 4 rings (SSSR count). The first-order valence-corrected chi connectivity index (χ1v) is 9.54. The Morgan fingerprint density at radius 2 is 2.04 bits per heavy atom. The molecular formula is C19H24N2OS. The molecule has 23 heavy (non-hydrogen) atoms. The lowest BCUT2D eigenvalue weighted by Gasteiger charge is -2.32. The van der Waals surface area contributed by atoms with Gasteiger partial charge in [-0.1, -0.05) is 30.3 Å². The van der Waals surface area contributed by atoms with Crippen molar-refractivity contribution in [2.45, 2.75) is 44.8 Å². The van der Waals surface area contributed by atoms with Crippen molar-refractivity contribution in [3.63, 3.8) is 0 Å². The van der Waals surface area contributed by atoms with Crippen molar-refractivity contribution in [3.05, 3.63) is 51.5 Å². The highest BCUT2D eigenvalue weighted by molar-refractivity contribution is 7.11. The predicted octanol–water partition coefficient (Wildman–Crippen LogP) is 3.47. The second-order valence-electron chi connectivity index (χ2n) is 6.60. The molecule has 1 atom stereocenters. The van der Waals surface area contributed by atoms with Crippen LogP contribution in [-0.4, -0.2) is 35.7 Å². The molecule has 0 bridgehead atoms. The number of benzene rings is 1. The Labute approximate surface area is 142 Å². The molecule has 1 aromatic heterocycles. The SMILES string of the molecule is c1ccc(C[C@@H]2CN(Cc3nc4c(s3)CCCC4)CCO2)cc1. The number of hydrogen-bond donors (Lipinski definition) is 0. The van der Waals surface area contributed by atoms with Crippen molar-refractivity contribution in [2.75, 3.05) is 19.7 Å². The van der Waals surface area contributed by atoms with Crippen LogP contribution in [0.4, 0.5) is 0 Å². The van der Waals surface area contributed by atoms with Gasteiger partial charge in [0.1, 0.15) is 5.01 Å². The minimum atomic E-state index is 0.306. The topological polar surface area (TPSA) is 25.4 Å².